The lowest BCUT2D eigenvalue weighted by Crippen LogP contribution is -2.48. The van der Waals surface area contributed by atoms with Crippen LogP contribution >= 0.6 is 0 Å². The highest BCUT2D eigenvalue weighted by Gasteiger charge is 2.58. The summed E-state index contributed by atoms with van der Waals surface area (Å²) in [6.07, 6.45) is 5.53. The minimum Gasteiger partial charge on any atom is -0.416 e. The van der Waals surface area contributed by atoms with Gasteiger partial charge in [-0.15, -0.1) is 0 Å². The van der Waals surface area contributed by atoms with Crippen LogP contribution < -0.4 is 0 Å². The van der Waals surface area contributed by atoms with E-state index in [1.165, 1.54) is 32.2 Å². The van der Waals surface area contributed by atoms with Crippen LogP contribution in [0, 0.1) is 5.92 Å². The molecule has 1 saturated heterocycles. The average molecular weight is 312 g/mol. The molecule has 1 saturated carbocycles. The predicted octanol–water partition coefficient (Wildman–Crippen LogP) is 5.05. The maximum Gasteiger partial charge on any atom is 0.200 e. The molecule has 1 spiro atoms. The molecule has 1 aliphatic carbocycles. The number of nitrogens with zero attached hydrogens (tertiary/aromatic N) is 1. The van der Waals surface area contributed by atoms with E-state index in [0.29, 0.717) is 22.2 Å². The third-order valence-electron chi connectivity index (χ3n) is 6.59. The van der Waals surface area contributed by atoms with E-state index in [1.807, 2.05) is 0 Å². The average Bonchev–Trinajstić information content (AvgIpc) is 2.95. The Balaban J connectivity index is 1.89. The molecule has 0 N–H and O–H groups in total. The van der Waals surface area contributed by atoms with Gasteiger partial charge in [-0.1, -0.05) is 41.5 Å². The minimum atomic E-state index is -1.65. The van der Waals surface area contributed by atoms with Crippen molar-refractivity contribution in [2.75, 3.05) is 20.2 Å². The highest BCUT2D eigenvalue weighted by molar-refractivity contribution is 6.77. The maximum absolute atomic E-state index is 6.72. The van der Waals surface area contributed by atoms with E-state index >= 15 is 0 Å². The van der Waals surface area contributed by atoms with Crippen LogP contribution in [0.3, 0.4) is 0 Å². The van der Waals surface area contributed by atoms with Crippen LogP contribution in [0.4, 0.5) is 0 Å². The minimum absolute atomic E-state index is 0.584. The van der Waals surface area contributed by atoms with Crippen LogP contribution in [0.25, 0.3) is 0 Å². The second kappa shape index (κ2) is 6.33. The van der Waals surface area contributed by atoms with E-state index in [4.69, 9.17) is 4.43 Å². The quantitative estimate of drug-likeness (QED) is 0.610. The molecule has 0 aromatic rings. The Morgan fingerprint density at radius 3 is 2.10 bits per heavy atom. The van der Waals surface area contributed by atoms with Gasteiger partial charge in [0.2, 0.25) is 0 Å². The predicted molar refractivity (Wildman–Crippen MR) is 94.3 cm³/mol. The Hall–Kier alpha value is 0.137. The van der Waals surface area contributed by atoms with Gasteiger partial charge in [-0.25, -0.2) is 0 Å². The van der Waals surface area contributed by atoms with Gasteiger partial charge < -0.3 is 9.33 Å². The highest BCUT2D eigenvalue weighted by atomic mass is 28.4. The van der Waals surface area contributed by atoms with E-state index in [-0.39, 0.29) is 0 Å². The second-order valence-corrected chi connectivity index (χ2v) is 13.9. The third kappa shape index (κ3) is 2.98. The Labute approximate surface area is 133 Å². The van der Waals surface area contributed by atoms with Gasteiger partial charge in [0.05, 0.1) is 0 Å². The molecule has 2 aliphatic rings. The van der Waals surface area contributed by atoms with E-state index in [9.17, 15) is 0 Å². The Morgan fingerprint density at radius 2 is 1.67 bits per heavy atom. The molecule has 0 amide bonds. The summed E-state index contributed by atoms with van der Waals surface area (Å²) in [7, 11) is 0.674. The van der Waals surface area contributed by atoms with Crippen LogP contribution in [-0.2, 0) is 4.43 Å². The summed E-state index contributed by atoms with van der Waals surface area (Å²) in [5.74, 6) is 0.906. The Bertz CT molecular complexity index is 333. The molecule has 124 valence electrons. The molecule has 0 radical (unpaired) electrons. The van der Waals surface area contributed by atoms with E-state index in [0.717, 1.165) is 12.5 Å². The fourth-order valence-corrected chi connectivity index (χ4v) is 10.9. The van der Waals surface area contributed by atoms with Crippen LogP contribution in [0.5, 0.6) is 0 Å². The smallest absolute Gasteiger partial charge is 0.200 e. The maximum atomic E-state index is 6.72. The van der Waals surface area contributed by atoms with Gasteiger partial charge in [0.1, 0.15) is 0 Å². The first-order chi connectivity index (χ1) is 9.77. The monoisotopic (exact) mass is 311 g/mol. The summed E-state index contributed by atoms with van der Waals surface area (Å²) in [4.78, 5) is 2.62. The van der Waals surface area contributed by atoms with Crippen molar-refractivity contribution in [1.29, 1.82) is 0 Å². The zero-order valence-electron chi connectivity index (χ0n) is 15.4. The molecule has 2 atom stereocenters. The standard InChI is InChI=1S/C18H37NOSi/c1-14(2)21(15(3)4,16(5)6)20-12-9-17-13-18(17)10-8-11-19(18)7/h14-17H,8-13H2,1-7H3/t17-,18-/m0/s1. The molecule has 21 heavy (non-hydrogen) atoms. The Kier molecular flexibility index (Phi) is 5.27. The molecule has 0 unspecified atom stereocenters. The number of hydrogen-bond donors (Lipinski definition) is 0. The molecule has 2 nitrogen and oxygen atoms in total. The van der Waals surface area contributed by atoms with Crippen LogP contribution in [0.2, 0.25) is 16.6 Å². The molecular formula is C18H37NOSi. The highest BCUT2D eigenvalue weighted by Crippen LogP contribution is 2.56. The number of hydrogen-bond acceptors (Lipinski definition) is 2. The molecule has 0 aromatic carbocycles. The molecular weight excluding hydrogens is 274 g/mol. The van der Waals surface area contributed by atoms with Crippen LogP contribution in [0.15, 0.2) is 0 Å². The van der Waals surface area contributed by atoms with E-state index in [1.54, 1.807) is 0 Å². The van der Waals surface area contributed by atoms with Gasteiger partial charge in [-0.05, 0) is 61.8 Å². The lowest BCUT2D eigenvalue weighted by atomic mass is 10.1. The molecule has 1 heterocycles. The van der Waals surface area contributed by atoms with Gasteiger partial charge in [0.15, 0.2) is 8.32 Å². The zero-order chi connectivity index (χ0) is 15.8. The van der Waals surface area contributed by atoms with Crippen molar-refractivity contribution in [1.82, 2.24) is 4.90 Å². The number of rotatable bonds is 7. The van der Waals surface area contributed by atoms with Crippen molar-refractivity contribution >= 4 is 8.32 Å². The molecule has 0 aromatic heterocycles. The summed E-state index contributed by atoms with van der Waals surface area (Å²) in [5, 5.41) is 0. The second-order valence-electron chi connectivity index (χ2n) is 8.48. The molecule has 2 rings (SSSR count). The van der Waals surface area contributed by atoms with Crippen molar-refractivity contribution < 1.29 is 4.43 Å². The van der Waals surface area contributed by atoms with Crippen molar-refractivity contribution in [3.63, 3.8) is 0 Å². The summed E-state index contributed by atoms with van der Waals surface area (Å²) >= 11 is 0. The van der Waals surface area contributed by atoms with E-state index < -0.39 is 8.32 Å². The molecule has 1 aliphatic heterocycles. The lowest BCUT2D eigenvalue weighted by Gasteiger charge is -2.42. The molecule has 2 fully saturated rings. The fourth-order valence-electron chi connectivity index (χ4n) is 5.43. The van der Waals surface area contributed by atoms with Gasteiger partial charge >= 0.3 is 0 Å². The van der Waals surface area contributed by atoms with Crippen molar-refractivity contribution in [2.24, 2.45) is 5.92 Å². The SMILES string of the molecule is CC(C)[Si](OCC[C@H]1C[C@@]12CCCN2C)(C(C)C)C(C)C. The Morgan fingerprint density at radius 1 is 1.10 bits per heavy atom. The summed E-state index contributed by atoms with van der Waals surface area (Å²) < 4.78 is 6.72. The van der Waals surface area contributed by atoms with Gasteiger partial charge in [-0.3, -0.25) is 0 Å². The van der Waals surface area contributed by atoms with Gasteiger partial charge in [0.25, 0.3) is 0 Å². The van der Waals surface area contributed by atoms with Crippen molar-refractivity contribution in [3.05, 3.63) is 0 Å². The van der Waals surface area contributed by atoms with Crippen LogP contribution in [-0.4, -0.2) is 39.0 Å². The van der Waals surface area contributed by atoms with Crippen molar-refractivity contribution in [2.45, 2.75) is 89.4 Å². The van der Waals surface area contributed by atoms with Crippen molar-refractivity contribution in [3.8, 4) is 0 Å². The fraction of sp³-hybridized carbons (Fsp3) is 1.00. The van der Waals surface area contributed by atoms with Gasteiger partial charge in [0, 0.05) is 12.1 Å². The zero-order valence-corrected chi connectivity index (χ0v) is 16.4. The van der Waals surface area contributed by atoms with Crippen LogP contribution in [0.1, 0.15) is 67.2 Å². The van der Waals surface area contributed by atoms with Gasteiger partial charge in [-0.2, -0.15) is 0 Å². The molecule has 0 bridgehead atoms. The number of likely N-dealkylation sites (tertiary alicyclic amines) is 1. The lowest BCUT2D eigenvalue weighted by molar-refractivity contribution is 0.230. The summed E-state index contributed by atoms with van der Waals surface area (Å²) in [6.45, 7) is 16.6. The first kappa shape index (κ1) is 17.5. The largest absolute Gasteiger partial charge is 0.416 e. The van der Waals surface area contributed by atoms with E-state index in [2.05, 4.69) is 53.5 Å². The summed E-state index contributed by atoms with van der Waals surface area (Å²) in [5.41, 5.74) is 2.71. The third-order valence-corrected chi connectivity index (χ3v) is 12.7. The molecule has 3 heteroatoms. The normalized spacial score (nSPS) is 30.3. The topological polar surface area (TPSA) is 12.5 Å². The summed E-state index contributed by atoms with van der Waals surface area (Å²) in [6, 6.07) is 0. The first-order valence-electron chi connectivity index (χ1n) is 9.12. The first-order valence-corrected chi connectivity index (χ1v) is 11.3.